The van der Waals surface area contributed by atoms with Crippen molar-refractivity contribution in [2.24, 2.45) is 5.92 Å². The highest BCUT2D eigenvalue weighted by atomic mass is 16.4. The number of hydrogen-bond acceptors (Lipinski definition) is 2. The predicted octanol–water partition coefficient (Wildman–Crippen LogP) is 1.85. The Bertz CT molecular complexity index is 343. The van der Waals surface area contributed by atoms with Gasteiger partial charge in [0.05, 0.1) is 0 Å². The molecule has 0 aromatic carbocycles. The van der Waals surface area contributed by atoms with E-state index in [1.165, 1.54) is 4.90 Å². The molecule has 0 bridgehead atoms. The highest BCUT2D eigenvalue weighted by molar-refractivity contribution is 5.86. The number of nitrogens with zero attached hydrogens (tertiary/aromatic N) is 1. The highest BCUT2D eigenvalue weighted by Crippen LogP contribution is 2.32. The van der Waals surface area contributed by atoms with Crippen molar-refractivity contribution in [2.45, 2.75) is 38.1 Å². The number of nitrogens with one attached hydrogen (secondary N) is 1. The molecule has 0 saturated heterocycles. The first-order chi connectivity index (χ1) is 8.41. The molecule has 2 atom stereocenters. The number of carboxylic acid groups (broad SMARTS) is 1. The summed E-state index contributed by atoms with van der Waals surface area (Å²) in [5.74, 6) is -0.616. The molecule has 1 saturated carbocycles. The van der Waals surface area contributed by atoms with Crippen molar-refractivity contribution >= 4 is 12.0 Å². The molecule has 2 amide bonds. The summed E-state index contributed by atoms with van der Waals surface area (Å²) in [6.45, 7) is 5.98. The molecule has 1 aliphatic carbocycles. The van der Waals surface area contributed by atoms with Gasteiger partial charge < -0.3 is 15.3 Å². The standard InChI is InChI=1S/C13H22N2O3/c1-4-8-15(3)12(18)14-13(11(16)17)7-5-6-10(2)9-13/h4,10H,1,5-9H2,2-3H3,(H,14,18)(H,16,17). The molecule has 5 nitrogen and oxygen atoms in total. The maximum absolute atomic E-state index is 11.9. The van der Waals surface area contributed by atoms with Crippen LogP contribution in [0.25, 0.3) is 0 Å². The average molecular weight is 254 g/mol. The fraction of sp³-hybridized carbons (Fsp3) is 0.692. The minimum Gasteiger partial charge on any atom is -0.480 e. The van der Waals surface area contributed by atoms with Gasteiger partial charge in [-0.15, -0.1) is 6.58 Å². The van der Waals surface area contributed by atoms with E-state index in [1.807, 2.05) is 6.92 Å². The Labute approximate surface area is 108 Å². The zero-order valence-electron chi connectivity index (χ0n) is 11.1. The van der Waals surface area contributed by atoms with Gasteiger partial charge in [0.15, 0.2) is 0 Å². The summed E-state index contributed by atoms with van der Waals surface area (Å²) in [4.78, 5) is 24.8. The van der Waals surface area contributed by atoms with E-state index in [4.69, 9.17) is 0 Å². The van der Waals surface area contributed by atoms with Crippen LogP contribution in [0, 0.1) is 5.92 Å². The minimum atomic E-state index is -1.11. The maximum atomic E-state index is 11.9. The molecule has 0 aliphatic heterocycles. The first-order valence-corrected chi connectivity index (χ1v) is 6.29. The molecule has 2 unspecified atom stereocenters. The van der Waals surface area contributed by atoms with Gasteiger partial charge in [-0.05, 0) is 18.8 Å². The van der Waals surface area contributed by atoms with Crippen molar-refractivity contribution in [3.8, 4) is 0 Å². The first-order valence-electron chi connectivity index (χ1n) is 6.29. The van der Waals surface area contributed by atoms with E-state index in [0.29, 0.717) is 25.3 Å². The molecule has 1 aliphatic rings. The van der Waals surface area contributed by atoms with E-state index in [1.54, 1.807) is 13.1 Å². The fourth-order valence-electron chi connectivity index (χ4n) is 2.49. The summed E-state index contributed by atoms with van der Waals surface area (Å²) < 4.78 is 0. The lowest BCUT2D eigenvalue weighted by atomic mass is 9.76. The van der Waals surface area contributed by atoms with Crippen molar-refractivity contribution < 1.29 is 14.7 Å². The number of carbonyl (C=O) groups excluding carboxylic acids is 1. The molecule has 18 heavy (non-hydrogen) atoms. The molecule has 2 N–H and O–H groups in total. The Hall–Kier alpha value is -1.52. The van der Waals surface area contributed by atoms with Crippen LogP contribution >= 0.6 is 0 Å². The molecule has 0 aromatic rings. The molecule has 0 heterocycles. The van der Waals surface area contributed by atoms with Crippen molar-refractivity contribution in [3.63, 3.8) is 0 Å². The molecule has 1 rings (SSSR count). The third kappa shape index (κ3) is 3.24. The van der Waals surface area contributed by atoms with Gasteiger partial charge in [-0.2, -0.15) is 0 Å². The largest absolute Gasteiger partial charge is 0.480 e. The molecule has 0 aromatic heterocycles. The summed E-state index contributed by atoms with van der Waals surface area (Å²) in [7, 11) is 1.62. The van der Waals surface area contributed by atoms with Gasteiger partial charge >= 0.3 is 12.0 Å². The van der Waals surface area contributed by atoms with E-state index in [9.17, 15) is 14.7 Å². The number of likely N-dealkylation sites (N-methyl/N-ethyl adjacent to an activating group) is 1. The quantitative estimate of drug-likeness (QED) is 0.752. The van der Waals surface area contributed by atoms with Crippen LogP contribution in [0.3, 0.4) is 0 Å². The zero-order valence-corrected chi connectivity index (χ0v) is 11.1. The Balaban J connectivity index is 2.77. The van der Waals surface area contributed by atoms with Crippen LogP contribution in [0.2, 0.25) is 0 Å². The SMILES string of the molecule is C=CCN(C)C(=O)NC1(C(=O)O)CCCC(C)C1. The number of amides is 2. The normalized spacial score (nSPS) is 27.3. The van der Waals surface area contributed by atoms with E-state index in [2.05, 4.69) is 11.9 Å². The number of urea groups is 1. The lowest BCUT2D eigenvalue weighted by Gasteiger charge is -2.38. The van der Waals surface area contributed by atoms with Crippen LogP contribution in [0.4, 0.5) is 4.79 Å². The van der Waals surface area contributed by atoms with Crippen molar-refractivity contribution in [3.05, 3.63) is 12.7 Å². The number of aliphatic carboxylic acids is 1. The van der Waals surface area contributed by atoms with Gasteiger partial charge in [-0.3, -0.25) is 0 Å². The Morgan fingerprint density at radius 1 is 1.61 bits per heavy atom. The van der Waals surface area contributed by atoms with Crippen molar-refractivity contribution in [1.82, 2.24) is 10.2 Å². The molecule has 102 valence electrons. The second-order valence-corrected chi connectivity index (χ2v) is 5.19. The van der Waals surface area contributed by atoms with Gasteiger partial charge in [0.1, 0.15) is 5.54 Å². The van der Waals surface area contributed by atoms with E-state index < -0.39 is 11.5 Å². The summed E-state index contributed by atoms with van der Waals surface area (Å²) in [5.41, 5.74) is -1.11. The third-order valence-electron chi connectivity index (χ3n) is 3.50. The molecular formula is C13H22N2O3. The monoisotopic (exact) mass is 254 g/mol. The molecule has 0 spiro atoms. The highest BCUT2D eigenvalue weighted by Gasteiger charge is 2.43. The predicted molar refractivity (Wildman–Crippen MR) is 69.4 cm³/mol. The van der Waals surface area contributed by atoms with Crippen molar-refractivity contribution in [2.75, 3.05) is 13.6 Å². The van der Waals surface area contributed by atoms with Gasteiger partial charge in [-0.1, -0.05) is 25.8 Å². The maximum Gasteiger partial charge on any atom is 0.329 e. The van der Waals surface area contributed by atoms with Gasteiger partial charge in [0.2, 0.25) is 0 Å². The number of rotatable bonds is 4. The minimum absolute atomic E-state index is 0.319. The average Bonchev–Trinajstić information content (AvgIpc) is 2.29. The smallest absolute Gasteiger partial charge is 0.329 e. The van der Waals surface area contributed by atoms with Crippen LogP contribution in [-0.2, 0) is 4.79 Å². The molecule has 1 fully saturated rings. The number of carbonyl (C=O) groups is 2. The zero-order chi connectivity index (χ0) is 13.8. The number of carboxylic acids is 1. The Kier molecular flexibility index (Phi) is 4.76. The molecular weight excluding hydrogens is 232 g/mol. The van der Waals surface area contributed by atoms with E-state index >= 15 is 0 Å². The van der Waals surface area contributed by atoms with Gasteiger partial charge in [0, 0.05) is 13.6 Å². The Morgan fingerprint density at radius 2 is 2.28 bits per heavy atom. The van der Waals surface area contributed by atoms with Crippen LogP contribution in [0.15, 0.2) is 12.7 Å². The van der Waals surface area contributed by atoms with Crippen LogP contribution < -0.4 is 5.32 Å². The second-order valence-electron chi connectivity index (χ2n) is 5.19. The van der Waals surface area contributed by atoms with Gasteiger partial charge in [0.25, 0.3) is 0 Å². The number of hydrogen-bond donors (Lipinski definition) is 2. The topological polar surface area (TPSA) is 69.6 Å². The van der Waals surface area contributed by atoms with E-state index in [-0.39, 0.29) is 6.03 Å². The summed E-state index contributed by atoms with van der Waals surface area (Å²) in [6, 6.07) is -0.355. The summed E-state index contributed by atoms with van der Waals surface area (Å²) >= 11 is 0. The fourth-order valence-corrected chi connectivity index (χ4v) is 2.49. The summed E-state index contributed by atoms with van der Waals surface area (Å²) in [6.07, 6.45) is 4.46. The third-order valence-corrected chi connectivity index (χ3v) is 3.50. The second kappa shape index (κ2) is 5.89. The van der Waals surface area contributed by atoms with Crippen LogP contribution in [0.5, 0.6) is 0 Å². The molecule has 0 radical (unpaired) electrons. The summed E-state index contributed by atoms with van der Waals surface area (Å²) in [5, 5.41) is 12.1. The first kappa shape index (κ1) is 14.5. The van der Waals surface area contributed by atoms with E-state index in [0.717, 1.165) is 12.8 Å². The molecule has 5 heteroatoms. The van der Waals surface area contributed by atoms with Crippen molar-refractivity contribution in [1.29, 1.82) is 0 Å². The van der Waals surface area contributed by atoms with Gasteiger partial charge in [-0.25, -0.2) is 9.59 Å². The Morgan fingerprint density at radius 3 is 2.78 bits per heavy atom. The van der Waals surface area contributed by atoms with Crippen LogP contribution in [0.1, 0.15) is 32.6 Å². The lowest BCUT2D eigenvalue weighted by molar-refractivity contribution is -0.146. The lowest BCUT2D eigenvalue weighted by Crippen LogP contribution is -2.59. The van der Waals surface area contributed by atoms with Crippen LogP contribution in [-0.4, -0.2) is 41.1 Å².